The highest BCUT2D eigenvalue weighted by molar-refractivity contribution is 8.12. The van der Waals surface area contributed by atoms with Gasteiger partial charge in [0.1, 0.15) is 11.1 Å². The van der Waals surface area contributed by atoms with Gasteiger partial charge in [-0.15, -0.1) is 11.8 Å². The number of thioether (sulfide) groups is 1. The van der Waals surface area contributed by atoms with Crippen molar-refractivity contribution in [3.63, 3.8) is 0 Å². The number of carbonyl (C=O) groups excluding carboxylic acids is 2. The van der Waals surface area contributed by atoms with Gasteiger partial charge in [-0.2, -0.15) is 0 Å². The van der Waals surface area contributed by atoms with Gasteiger partial charge in [0.25, 0.3) is 0 Å². The summed E-state index contributed by atoms with van der Waals surface area (Å²) in [5, 5.41) is 12.6. The minimum atomic E-state index is -1.13. The minimum absolute atomic E-state index is 0.00918. The molecule has 0 aromatic carbocycles. The van der Waals surface area contributed by atoms with E-state index in [4.69, 9.17) is 15.9 Å². The topological polar surface area (TPSA) is 117 Å². The van der Waals surface area contributed by atoms with Crippen LogP contribution in [0.5, 0.6) is 0 Å². The molecule has 7 nitrogen and oxygen atoms in total. The molecule has 0 aliphatic rings. The number of hydrogen-bond donors (Lipinski definition) is 4. The van der Waals surface area contributed by atoms with E-state index in [0.29, 0.717) is 5.75 Å². The Labute approximate surface area is 154 Å². The average Bonchev–Trinajstić information content (AvgIpc) is 2.45. The lowest BCUT2D eigenvalue weighted by atomic mass is 9.84. The molecule has 0 aliphatic carbocycles. The Morgan fingerprint density at radius 1 is 1.28 bits per heavy atom. The van der Waals surface area contributed by atoms with Crippen LogP contribution in [0.1, 0.15) is 41.5 Å². The number of carbonyl (C=O) groups is 2. The maximum Gasteiger partial charge on any atom is 0.407 e. The SMILES string of the molecule is C=C(N)C(CNC(=O)OC(C)(C)C)(NC(C)=O)/C(C)=C(\C)CSC=N. The molecule has 0 rings (SSSR count). The predicted molar refractivity (Wildman–Crippen MR) is 104 cm³/mol. The van der Waals surface area contributed by atoms with Crippen LogP contribution in [0.15, 0.2) is 23.4 Å². The molecule has 0 radical (unpaired) electrons. The third kappa shape index (κ3) is 7.64. The van der Waals surface area contributed by atoms with Gasteiger partial charge in [0, 0.05) is 18.4 Å². The third-order valence-corrected chi connectivity index (χ3v) is 4.26. The summed E-state index contributed by atoms with van der Waals surface area (Å²) in [5.41, 5.74) is 7.39. The first-order chi connectivity index (χ1) is 11.4. The average molecular weight is 371 g/mol. The molecule has 0 fully saturated rings. The quantitative estimate of drug-likeness (QED) is 0.297. The van der Waals surface area contributed by atoms with Crippen LogP contribution in [0.4, 0.5) is 4.79 Å². The third-order valence-electron chi connectivity index (χ3n) is 3.50. The molecule has 0 spiro atoms. The van der Waals surface area contributed by atoms with Gasteiger partial charge < -0.3 is 26.5 Å². The molecule has 25 heavy (non-hydrogen) atoms. The van der Waals surface area contributed by atoms with Gasteiger partial charge in [-0.1, -0.05) is 12.2 Å². The van der Waals surface area contributed by atoms with E-state index in [1.54, 1.807) is 20.8 Å². The first kappa shape index (κ1) is 23.0. The largest absolute Gasteiger partial charge is 0.444 e. The molecule has 0 aromatic rings. The summed E-state index contributed by atoms with van der Waals surface area (Å²) in [6.07, 6.45) is -0.609. The van der Waals surface area contributed by atoms with Gasteiger partial charge in [-0.25, -0.2) is 4.79 Å². The maximum absolute atomic E-state index is 12.0. The lowest BCUT2D eigenvalue weighted by Crippen LogP contribution is -2.59. The Morgan fingerprint density at radius 2 is 1.84 bits per heavy atom. The molecular weight excluding hydrogens is 340 g/mol. The van der Waals surface area contributed by atoms with E-state index in [2.05, 4.69) is 17.2 Å². The standard InChI is InChI=1S/C17H30N4O3S/c1-11(8-25-10-18)12(2)17(13(3)19,21-14(4)22)9-20-15(23)24-16(5,6)7/h10,18H,3,8-9,19H2,1-2,4-7H3,(H,20,23)(H,21,22)/b12-11+,18-10?. The second-order valence-corrected chi connectivity index (χ2v) is 7.66. The fourth-order valence-electron chi connectivity index (χ4n) is 2.16. The normalized spacial score (nSPS) is 14.6. The highest BCUT2D eigenvalue weighted by Crippen LogP contribution is 2.26. The van der Waals surface area contributed by atoms with Crippen LogP contribution < -0.4 is 16.4 Å². The zero-order chi connectivity index (χ0) is 19.8. The summed E-state index contributed by atoms with van der Waals surface area (Å²) in [6.45, 7) is 14.2. The summed E-state index contributed by atoms with van der Waals surface area (Å²) in [4.78, 5) is 23.8. The highest BCUT2D eigenvalue weighted by Gasteiger charge is 2.37. The van der Waals surface area contributed by atoms with E-state index >= 15 is 0 Å². The van der Waals surface area contributed by atoms with Crippen LogP contribution in [0.2, 0.25) is 0 Å². The number of nitrogens with two attached hydrogens (primary N) is 1. The lowest BCUT2D eigenvalue weighted by Gasteiger charge is -2.37. The number of nitrogens with one attached hydrogen (secondary N) is 3. The van der Waals surface area contributed by atoms with Crippen LogP contribution >= 0.6 is 11.8 Å². The molecule has 1 unspecified atom stereocenters. The molecule has 2 amide bonds. The molecule has 1 atom stereocenters. The summed E-state index contributed by atoms with van der Waals surface area (Å²) in [7, 11) is 0. The fraction of sp³-hybridized carbons (Fsp3) is 0.588. The molecule has 0 saturated carbocycles. The molecule has 8 heteroatoms. The van der Waals surface area contributed by atoms with Crippen LogP contribution in [-0.2, 0) is 9.53 Å². The fourth-order valence-corrected chi connectivity index (χ4v) is 2.71. The zero-order valence-corrected chi connectivity index (χ0v) is 16.7. The van der Waals surface area contributed by atoms with Crippen molar-refractivity contribution in [1.29, 1.82) is 5.41 Å². The van der Waals surface area contributed by atoms with Crippen LogP contribution in [0.25, 0.3) is 0 Å². The molecule has 0 aromatic heterocycles. The van der Waals surface area contributed by atoms with E-state index in [1.165, 1.54) is 24.2 Å². The van der Waals surface area contributed by atoms with Gasteiger partial charge in [0.2, 0.25) is 5.91 Å². The van der Waals surface area contributed by atoms with Crippen molar-refractivity contribution in [1.82, 2.24) is 10.6 Å². The molecule has 0 saturated heterocycles. The van der Waals surface area contributed by atoms with Crippen molar-refractivity contribution < 1.29 is 14.3 Å². The van der Waals surface area contributed by atoms with E-state index in [0.717, 1.165) is 11.1 Å². The van der Waals surface area contributed by atoms with E-state index in [-0.39, 0.29) is 18.1 Å². The number of hydrogen-bond acceptors (Lipinski definition) is 6. The van der Waals surface area contributed by atoms with Gasteiger partial charge in [-0.3, -0.25) is 4.79 Å². The van der Waals surface area contributed by atoms with Crippen molar-refractivity contribution in [2.24, 2.45) is 5.73 Å². The minimum Gasteiger partial charge on any atom is -0.444 e. The Hall–Kier alpha value is -1.96. The van der Waals surface area contributed by atoms with Gasteiger partial charge in [0.15, 0.2) is 0 Å². The van der Waals surface area contributed by atoms with Gasteiger partial charge >= 0.3 is 6.09 Å². The van der Waals surface area contributed by atoms with Crippen molar-refractivity contribution in [3.8, 4) is 0 Å². The lowest BCUT2D eigenvalue weighted by molar-refractivity contribution is -0.120. The summed E-state index contributed by atoms with van der Waals surface area (Å²) >= 11 is 1.31. The number of rotatable bonds is 8. The van der Waals surface area contributed by atoms with Crippen molar-refractivity contribution in [2.75, 3.05) is 12.3 Å². The predicted octanol–water partition coefficient (Wildman–Crippen LogP) is 2.54. The van der Waals surface area contributed by atoms with Crippen molar-refractivity contribution in [2.45, 2.75) is 52.7 Å². The molecule has 142 valence electrons. The summed E-state index contributed by atoms with van der Waals surface area (Å²) < 4.78 is 5.24. The second kappa shape index (κ2) is 9.50. The van der Waals surface area contributed by atoms with Crippen molar-refractivity contribution in [3.05, 3.63) is 23.4 Å². The van der Waals surface area contributed by atoms with Crippen molar-refractivity contribution >= 4 is 29.3 Å². The smallest absolute Gasteiger partial charge is 0.407 e. The van der Waals surface area contributed by atoms with Crippen LogP contribution in [0, 0.1) is 5.41 Å². The molecule has 0 heterocycles. The molecule has 5 N–H and O–H groups in total. The number of alkyl carbamates (subject to hydrolysis) is 1. The molecule has 0 aliphatic heterocycles. The molecular formula is C17H30N4O3S. The zero-order valence-electron chi connectivity index (χ0n) is 15.9. The van der Waals surface area contributed by atoms with E-state index in [1.807, 2.05) is 13.8 Å². The monoisotopic (exact) mass is 370 g/mol. The van der Waals surface area contributed by atoms with Crippen LogP contribution in [-0.4, -0.2) is 41.0 Å². The Bertz CT molecular complexity index is 567. The van der Waals surface area contributed by atoms with Crippen LogP contribution in [0.3, 0.4) is 0 Å². The number of amides is 2. The first-order valence-electron chi connectivity index (χ1n) is 7.83. The highest BCUT2D eigenvalue weighted by atomic mass is 32.2. The maximum atomic E-state index is 12.0. The second-order valence-electron chi connectivity index (χ2n) is 6.80. The Kier molecular flexibility index (Phi) is 8.76. The molecule has 0 bridgehead atoms. The van der Waals surface area contributed by atoms with E-state index < -0.39 is 17.2 Å². The van der Waals surface area contributed by atoms with Gasteiger partial charge in [-0.05, 0) is 40.2 Å². The Morgan fingerprint density at radius 3 is 2.24 bits per heavy atom. The van der Waals surface area contributed by atoms with E-state index in [9.17, 15) is 9.59 Å². The summed E-state index contributed by atoms with van der Waals surface area (Å²) in [5.74, 6) is 0.264. The summed E-state index contributed by atoms with van der Waals surface area (Å²) in [6, 6.07) is 0. The van der Waals surface area contributed by atoms with Gasteiger partial charge in [0.05, 0.1) is 12.1 Å². The Balaban J connectivity index is 5.67. The first-order valence-corrected chi connectivity index (χ1v) is 8.88. The number of ether oxygens (including phenoxy) is 1.